The number of amides is 1. The second kappa shape index (κ2) is 8.36. The second-order valence-corrected chi connectivity index (χ2v) is 7.19. The minimum Gasteiger partial charge on any atom is -0.492 e. The van der Waals surface area contributed by atoms with Gasteiger partial charge in [0.25, 0.3) is 0 Å². The first kappa shape index (κ1) is 18.6. The highest BCUT2D eigenvalue weighted by Crippen LogP contribution is 2.37. The van der Waals surface area contributed by atoms with Crippen molar-refractivity contribution in [3.05, 3.63) is 28.7 Å². The Bertz CT molecular complexity index is 525. The SMILES string of the molecule is Cl.O=C(CCOc1ccccc1Br)N1CCC2(CCNC2)CC1. The Morgan fingerprint density at radius 2 is 2.00 bits per heavy atom. The third-order valence-electron chi connectivity index (χ3n) is 4.92. The summed E-state index contributed by atoms with van der Waals surface area (Å²) in [5, 5.41) is 3.46. The zero-order chi connectivity index (χ0) is 15.4. The van der Waals surface area contributed by atoms with Crippen LogP contribution < -0.4 is 10.1 Å². The van der Waals surface area contributed by atoms with Crippen LogP contribution in [0.2, 0.25) is 0 Å². The predicted molar refractivity (Wildman–Crippen MR) is 97.2 cm³/mol. The van der Waals surface area contributed by atoms with Crippen molar-refractivity contribution in [2.75, 3.05) is 32.8 Å². The summed E-state index contributed by atoms with van der Waals surface area (Å²) < 4.78 is 6.61. The molecule has 0 aliphatic carbocycles. The minimum absolute atomic E-state index is 0. The molecule has 6 heteroatoms. The second-order valence-electron chi connectivity index (χ2n) is 6.34. The molecule has 0 saturated carbocycles. The molecule has 1 aromatic rings. The van der Waals surface area contributed by atoms with Gasteiger partial charge in [-0.2, -0.15) is 0 Å². The van der Waals surface area contributed by atoms with Gasteiger partial charge < -0.3 is 15.0 Å². The molecule has 2 heterocycles. The number of carbonyl (C=O) groups is 1. The maximum atomic E-state index is 12.3. The van der Waals surface area contributed by atoms with Gasteiger partial charge in [-0.15, -0.1) is 12.4 Å². The lowest BCUT2D eigenvalue weighted by Gasteiger charge is -2.38. The molecule has 2 saturated heterocycles. The quantitative estimate of drug-likeness (QED) is 0.839. The van der Waals surface area contributed by atoms with Crippen LogP contribution in [0.25, 0.3) is 0 Å². The molecule has 1 N–H and O–H groups in total. The van der Waals surface area contributed by atoms with E-state index in [0.717, 1.165) is 49.2 Å². The Labute approximate surface area is 152 Å². The van der Waals surface area contributed by atoms with E-state index in [9.17, 15) is 4.79 Å². The average Bonchev–Trinajstić information content (AvgIpc) is 2.98. The van der Waals surface area contributed by atoms with Crippen LogP contribution in [-0.2, 0) is 4.79 Å². The number of likely N-dealkylation sites (tertiary alicyclic amines) is 1. The van der Waals surface area contributed by atoms with Gasteiger partial charge >= 0.3 is 0 Å². The number of nitrogens with zero attached hydrogens (tertiary/aromatic N) is 1. The number of ether oxygens (including phenoxy) is 1. The number of halogens is 2. The summed E-state index contributed by atoms with van der Waals surface area (Å²) in [7, 11) is 0. The van der Waals surface area contributed by atoms with Crippen LogP contribution in [0.1, 0.15) is 25.7 Å². The first-order valence-corrected chi connectivity index (χ1v) is 8.84. The largest absolute Gasteiger partial charge is 0.492 e. The number of rotatable bonds is 4. The smallest absolute Gasteiger partial charge is 0.225 e. The van der Waals surface area contributed by atoms with Gasteiger partial charge in [0.15, 0.2) is 0 Å². The molecule has 1 amide bonds. The standard InChI is InChI=1S/C17H23BrN2O2.ClH/c18-14-3-1-2-4-15(14)22-12-5-16(21)20-10-7-17(8-11-20)6-9-19-13-17;/h1-4,19H,5-13H2;1H. The molecular formula is C17H24BrClN2O2. The molecular weight excluding hydrogens is 380 g/mol. The van der Waals surface area contributed by atoms with Crippen LogP contribution in [0.4, 0.5) is 0 Å². The van der Waals surface area contributed by atoms with Crippen molar-refractivity contribution >= 4 is 34.2 Å². The van der Waals surface area contributed by atoms with Crippen molar-refractivity contribution < 1.29 is 9.53 Å². The Morgan fingerprint density at radius 3 is 2.65 bits per heavy atom. The first-order valence-electron chi connectivity index (χ1n) is 8.04. The average molecular weight is 404 g/mol. The maximum absolute atomic E-state index is 12.3. The highest BCUT2D eigenvalue weighted by Gasteiger charge is 2.37. The van der Waals surface area contributed by atoms with Gasteiger partial charge in [-0.1, -0.05) is 12.1 Å². The Morgan fingerprint density at radius 1 is 1.26 bits per heavy atom. The van der Waals surface area contributed by atoms with Gasteiger partial charge in [0.05, 0.1) is 17.5 Å². The van der Waals surface area contributed by atoms with E-state index in [1.54, 1.807) is 0 Å². The van der Waals surface area contributed by atoms with E-state index in [-0.39, 0.29) is 18.3 Å². The summed E-state index contributed by atoms with van der Waals surface area (Å²) in [6.07, 6.45) is 3.99. The fraction of sp³-hybridized carbons (Fsp3) is 0.588. The van der Waals surface area contributed by atoms with E-state index in [0.29, 0.717) is 18.4 Å². The molecule has 1 aromatic carbocycles. The number of nitrogens with one attached hydrogen (secondary N) is 1. The molecule has 2 fully saturated rings. The van der Waals surface area contributed by atoms with Crippen LogP contribution in [0.5, 0.6) is 5.75 Å². The fourth-order valence-corrected chi connectivity index (χ4v) is 3.82. The van der Waals surface area contributed by atoms with Gasteiger partial charge in [0.1, 0.15) is 5.75 Å². The minimum atomic E-state index is 0. The lowest BCUT2D eigenvalue weighted by atomic mass is 9.78. The van der Waals surface area contributed by atoms with Crippen molar-refractivity contribution in [3.63, 3.8) is 0 Å². The van der Waals surface area contributed by atoms with Gasteiger partial charge in [0.2, 0.25) is 5.91 Å². The lowest BCUT2D eigenvalue weighted by Crippen LogP contribution is -2.44. The molecule has 4 nitrogen and oxygen atoms in total. The summed E-state index contributed by atoms with van der Waals surface area (Å²) in [6, 6.07) is 7.73. The zero-order valence-electron chi connectivity index (χ0n) is 13.2. The van der Waals surface area contributed by atoms with E-state index in [1.807, 2.05) is 29.2 Å². The molecule has 0 aromatic heterocycles. The Kier molecular flexibility index (Phi) is 6.74. The third kappa shape index (κ3) is 4.61. The summed E-state index contributed by atoms with van der Waals surface area (Å²) in [4.78, 5) is 14.3. The monoisotopic (exact) mass is 402 g/mol. The summed E-state index contributed by atoms with van der Waals surface area (Å²) >= 11 is 3.45. The van der Waals surface area contributed by atoms with Gasteiger partial charge in [0, 0.05) is 19.6 Å². The molecule has 0 radical (unpaired) electrons. The number of piperidine rings is 1. The summed E-state index contributed by atoms with van der Waals surface area (Å²) in [6.45, 7) is 4.49. The van der Waals surface area contributed by atoms with Gasteiger partial charge in [-0.25, -0.2) is 0 Å². The van der Waals surface area contributed by atoms with E-state index in [1.165, 1.54) is 6.42 Å². The Hall–Kier alpha value is -0.780. The number of carbonyl (C=O) groups excluding carboxylic acids is 1. The topological polar surface area (TPSA) is 41.6 Å². The summed E-state index contributed by atoms with van der Waals surface area (Å²) in [5.41, 5.74) is 0.460. The zero-order valence-corrected chi connectivity index (χ0v) is 15.6. The maximum Gasteiger partial charge on any atom is 0.225 e. The highest BCUT2D eigenvalue weighted by atomic mass is 79.9. The highest BCUT2D eigenvalue weighted by molar-refractivity contribution is 9.10. The first-order chi connectivity index (χ1) is 10.7. The number of hydrogen-bond donors (Lipinski definition) is 1. The Balaban J connectivity index is 0.00000192. The molecule has 2 aliphatic heterocycles. The van der Waals surface area contributed by atoms with Crippen LogP contribution >= 0.6 is 28.3 Å². The molecule has 3 rings (SSSR count). The van der Waals surface area contributed by atoms with Crippen LogP contribution in [0.3, 0.4) is 0 Å². The van der Waals surface area contributed by atoms with Gasteiger partial charge in [-0.05, 0) is 59.3 Å². The molecule has 2 aliphatic rings. The van der Waals surface area contributed by atoms with Crippen molar-refractivity contribution in [1.82, 2.24) is 10.2 Å². The van der Waals surface area contributed by atoms with Crippen molar-refractivity contribution in [3.8, 4) is 5.75 Å². The van der Waals surface area contributed by atoms with Crippen molar-refractivity contribution in [2.45, 2.75) is 25.7 Å². The number of para-hydroxylation sites is 1. The molecule has 23 heavy (non-hydrogen) atoms. The summed E-state index contributed by atoms with van der Waals surface area (Å²) in [5.74, 6) is 1.01. The predicted octanol–water partition coefficient (Wildman–Crippen LogP) is 3.24. The lowest BCUT2D eigenvalue weighted by molar-refractivity contribution is -0.133. The number of hydrogen-bond acceptors (Lipinski definition) is 3. The van der Waals surface area contributed by atoms with Crippen molar-refractivity contribution in [1.29, 1.82) is 0 Å². The number of benzene rings is 1. The van der Waals surface area contributed by atoms with E-state index in [4.69, 9.17) is 4.74 Å². The van der Waals surface area contributed by atoms with E-state index >= 15 is 0 Å². The fourth-order valence-electron chi connectivity index (χ4n) is 3.42. The van der Waals surface area contributed by atoms with Crippen LogP contribution in [0.15, 0.2) is 28.7 Å². The van der Waals surface area contributed by atoms with Crippen molar-refractivity contribution in [2.24, 2.45) is 5.41 Å². The van der Waals surface area contributed by atoms with E-state index in [2.05, 4.69) is 21.2 Å². The molecule has 0 bridgehead atoms. The third-order valence-corrected chi connectivity index (χ3v) is 5.57. The molecule has 128 valence electrons. The normalized spacial score (nSPS) is 19.4. The molecule has 1 spiro atoms. The molecule has 0 atom stereocenters. The van der Waals surface area contributed by atoms with Crippen LogP contribution in [-0.4, -0.2) is 43.6 Å². The van der Waals surface area contributed by atoms with E-state index < -0.39 is 0 Å². The van der Waals surface area contributed by atoms with Crippen LogP contribution in [0, 0.1) is 5.41 Å². The molecule has 0 unspecified atom stereocenters. The van der Waals surface area contributed by atoms with Gasteiger partial charge in [-0.3, -0.25) is 4.79 Å².